The largest absolute Gasteiger partial charge is 0.481 e. The smallest absolute Gasteiger partial charge is 0.223 e. The molecule has 0 saturated carbocycles. The molecule has 1 fully saturated rings. The van der Waals surface area contributed by atoms with Gasteiger partial charge >= 0.3 is 0 Å². The lowest BCUT2D eigenvalue weighted by Crippen LogP contribution is -2.40. The number of fused-ring (bicyclic) bond motifs is 2. The highest BCUT2D eigenvalue weighted by atomic mass is 16.5. The van der Waals surface area contributed by atoms with Gasteiger partial charge in [-0.25, -0.2) is 15.0 Å². The number of nitrogens with one attached hydrogen (secondary N) is 1. The van der Waals surface area contributed by atoms with E-state index >= 15 is 0 Å². The number of rotatable bonds is 6. The van der Waals surface area contributed by atoms with E-state index in [1.54, 1.807) is 7.11 Å². The van der Waals surface area contributed by atoms with Gasteiger partial charge in [-0.3, -0.25) is 4.90 Å². The van der Waals surface area contributed by atoms with E-state index in [0.29, 0.717) is 31.6 Å². The minimum atomic E-state index is -0.0837. The van der Waals surface area contributed by atoms with Crippen LogP contribution in [0.2, 0.25) is 0 Å². The van der Waals surface area contributed by atoms with Gasteiger partial charge in [0.1, 0.15) is 0 Å². The fourth-order valence-corrected chi connectivity index (χ4v) is 4.55. The van der Waals surface area contributed by atoms with Crippen LogP contribution < -0.4 is 10.1 Å². The van der Waals surface area contributed by atoms with Crippen LogP contribution in [0.3, 0.4) is 0 Å². The molecule has 1 spiro atoms. The Labute approximate surface area is 182 Å². The summed E-state index contributed by atoms with van der Waals surface area (Å²) in [6, 6.07) is 14.3. The third kappa shape index (κ3) is 4.24. The molecular weight excluding hydrogens is 390 g/mol. The Kier molecular flexibility index (Phi) is 5.53. The van der Waals surface area contributed by atoms with Crippen molar-refractivity contribution in [1.82, 2.24) is 19.9 Å². The molecule has 160 valence electrons. The molecule has 4 heterocycles. The molecule has 0 amide bonds. The number of anilines is 1. The zero-order chi connectivity index (χ0) is 21.1. The molecular formula is C24H27N5O2. The van der Waals surface area contributed by atoms with Gasteiger partial charge in [0.05, 0.1) is 31.4 Å². The van der Waals surface area contributed by atoms with Crippen molar-refractivity contribution in [2.75, 3.05) is 32.1 Å². The lowest BCUT2D eigenvalue weighted by molar-refractivity contribution is 0.0503. The molecule has 5 rings (SSSR count). The Morgan fingerprint density at radius 3 is 2.81 bits per heavy atom. The van der Waals surface area contributed by atoms with E-state index in [0.717, 1.165) is 37.3 Å². The zero-order valence-electron chi connectivity index (χ0n) is 17.8. The topological polar surface area (TPSA) is 72.4 Å². The average molecular weight is 418 g/mol. The normalized spacial score (nSPS) is 20.5. The molecule has 0 bridgehead atoms. The number of aromatic nitrogens is 3. The Balaban J connectivity index is 1.31. The van der Waals surface area contributed by atoms with Crippen molar-refractivity contribution in [3.63, 3.8) is 0 Å². The Morgan fingerprint density at radius 1 is 1.10 bits per heavy atom. The molecule has 2 aliphatic rings. The molecule has 7 nitrogen and oxygen atoms in total. The van der Waals surface area contributed by atoms with Crippen LogP contribution >= 0.6 is 0 Å². The van der Waals surface area contributed by atoms with Gasteiger partial charge in [-0.15, -0.1) is 0 Å². The summed E-state index contributed by atoms with van der Waals surface area (Å²) in [6.07, 6.45) is 4.84. The molecule has 7 heteroatoms. The number of benzene rings is 1. The van der Waals surface area contributed by atoms with Crippen molar-refractivity contribution in [1.29, 1.82) is 0 Å². The molecule has 31 heavy (non-hydrogen) atoms. The first kappa shape index (κ1) is 19.9. The van der Waals surface area contributed by atoms with Crippen molar-refractivity contribution in [2.24, 2.45) is 0 Å². The van der Waals surface area contributed by atoms with Crippen LogP contribution in [0.5, 0.6) is 5.88 Å². The van der Waals surface area contributed by atoms with Gasteiger partial charge in [-0.2, -0.15) is 0 Å². The van der Waals surface area contributed by atoms with Crippen LogP contribution in [-0.2, 0) is 29.8 Å². The van der Waals surface area contributed by atoms with Gasteiger partial charge in [-0.1, -0.05) is 36.4 Å². The Hall–Kier alpha value is -3.03. The second-order valence-corrected chi connectivity index (χ2v) is 8.35. The predicted molar refractivity (Wildman–Crippen MR) is 118 cm³/mol. The van der Waals surface area contributed by atoms with E-state index in [1.165, 1.54) is 11.1 Å². The second-order valence-electron chi connectivity index (χ2n) is 8.35. The maximum absolute atomic E-state index is 5.98. The maximum Gasteiger partial charge on any atom is 0.223 e. The van der Waals surface area contributed by atoms with Gasteiger partial charge in [0.2, 0.25) is 11.8 Å². The predicted octanol–water partition coefficient (Wildman–Crippen LogP) is 3.17. The third-order valence-corrected chi connectivity index (χ3v) is 6.14. The summed E-state index contributed by atoms with van der Waals surface area (Å²) >= 11 is 0. The summed E-state index contributed by atoms with van der Waals surface area (Å²) in [6.45, 7) is 4.77. The van der Waals surface area contributed by atoms with Crippen LogP contribution in [0.4, 0.5) is 5.95 Å². The highest BCUT2D eigenvalue weighted by Crippen LogP contribution is 2.39. The van der Waals surface area contributed by atoms with Crippen molar-refractivity contribution >= 4 is 5.95 Å². The third-order valence-electron chi connectivity index (χ3n) is 6.14. The standard InChI is InChI=1S/C24H27N5O2/c1-30-21-8-7-19(12-25-21)14-29-10-9-24(16-29)17-31-15-20-13-27-23(28-22(20)24)26-11-18-5-3-2-4-6-18/h2-8,12-13H,9-11,14-17H2,1H3,(H,26,27,28). The first-order chi connectivity index (χ1) is 15.2. The van der Waals surface area contributed by atoms with Crippen molar-refractivity contribution in [3.05, 3.63) is 77.2 Å². The first-order valence-corrected chi connectivity index (χ1v) is 10.7. The Bertz CT molecular complexity index is 1030. The summed E-state index contributed by atoms with van der Waals surface area (Å²) in [5, 5.41) is 3.38. The Morgan fingerprint density at radius 2 is 2.00 bits per heavy atom. The molecule has 3 aromatic rings. The van der Waals surface area contributed by atoms with E-state index in [4.69, 9.17) is 14.5 Å². The van der Waals surface area contributed by atoms with Gasteiger partial charge < -0.3 is 14.8 Å². The van der Waals surface area contributed by atoms with Crippen LogP contribution in [0.1, 0.15) is 28.8 Å². The van der Waals surface area contributed by atoms with Crippen LogP contribution in [0, 0.1) is 0 Å². The molecule has 2 aliphatic heterocycles. The monoisotopic (exact) mass is 417 g/mol. The number of ether oxygens (including phenoxy) is 2. The fourth-order valence-electron chi connectivity index (χ4n) is 4.55. The van der Waals surface area contributed by atoms with Gasteiger partial charge in [0, 0.05) is 43.7 Å². The van der Waals surface area contributed by atoms with E-state index in [2.05, 4.69) is 38.4 Å². The van der Waals surface area contributed by atoms with E-state index < -0.39 is 0 Å². The lowest BCUT2D eigenvalue weighted by atomic mass is 9.80. The SMILES string of the molecule is COc1ccc(CN2CCC3(COCc4cnc(NCc5ccccc5)nc43)C2)cn1. The first-order valence-electron chi connectivity index (χ1n) is 10.7. The van der Waals surface area contributed by atoms with Gasteiger partial charge in [0.15, 0.2) is 0 Å². The minimum absolute atomic E-state index is 0.0837. The van der Waals surface area contributed by atoms with Crippen molar-refractivity contribution in [3.8, 4) is 5.88 Å². The fraction of sp³-hybridized carbons (Fsp3) is 0.375. The maximum atomic E-state index is 5.98. The lowest BCUT2D eigenvalue weighted by Gasteiger charge is -2.34. The van der Waals surface area contributed by atoms with E-state index in [-0.39, 0.29) is 5.41 Å². The number of hydrogen-bond acceptors (Lipinski definition) is 7. The molecule has 2 aromatic heterocycles. The highest BCUT2D eigenvalue weighted by molar-refractivity contribution is 5.37. The van der Waals surface area contributed by atoms with Crippen LogP contribution in [0.25, 0.3) is 0 Å². The summed E-state index contributed by atoms with van der Waals surface area (Å²) in [5.74, 6) is 1.32. The van der Waals surface area contributed by atoms with Crippen molar-refractivity contribution in [2.45, 2.75) is 31.5 Å². The minimum Gasteiger partial charge on any atom is -0.481 e. The van der Waals surface area contributed by atoms with Crippen molar-refractivity contribution < 1.29 is 9.47 Å². The molecule has 1 unspecified atom stereocenters. The van der Waals surface area contributed by atoms with Gasteiger partial charge in [-0.05, 0) is 24.1 Å². The van der Waals surface area contributed by atoms with E-state index in [1.807, 2.05) is 36.7 Å². The van der Waals surface area contributed by atoms with Gasteiger partial charge in [0.25, 0.3) is 0 Å². The van der Waals surface area contributed by atoms with Crippen LogP contribution in [0.15, 0.2) is 54.9 Å². The molecule has 0 radical (unpaired) electrons. The summed E-state index contributed by atoms with van der Waals surface area (Å²) < 4.78 is 11.1. The molecule has 0 aliphatic carbocycles. The quantitative estimate of drug-likeness (QED) is 0.660. The average Bonchev–Trinajstić information content (AvgIpc) is 3.22. The summed E-state index contributed by atoms with van der Waals surface area (Å²) in [4.78, 5) is 16.3. The molecule has 1 N–H and O–H groups in total. The number of hydrogen-bond donors (Lipinski definition) is 1. The second kappa shape index (κ2) is 8.61. The van der Waals surface area contributed by atoms with E-state index in [9.17, 15) is 0 Å². The molecule has 1 atom stereocenters. The number of pyridine rings is 1. The highest BCUT2D eigenvalue weighted by Gasteiger charge is 2.44. The summed E-state index contributed by atoms with van der Waals surface area (Å²) in [7, 11) is 1.64. The molecule has 1 aromatic carbocycles. The summed E-state index contributed by atoms with van der Waals surface area (Å²) in [5.41, 5.74) is 4.55. The van der Waals surface area contributed by atoms with Crippen LogP contribution in [-0.4, -0.2) is 46.7 Å². The number of likely N-dealkylation sites (tertiary alicyclic amines) is 1. The number of nitrogens with zero attached hydrogens (tertiary/aromatic N) is 4. The number of methoxy groups -OCH3 is 1. The molecule has 1 saturated heterocycles. The zero-order valence-corrected chi connectivity index (χ0v) is 17.8.